The molecule has 3 rings (SSSR count). The molecule has 1 saturated heterocycles. The van der Waals surface area contributed by atoms with Crippen LogP contribution in [0.4, 0.5) is 18.9 Å². The van der Waals surface area contributed by atoms with Gasteiger partial charge in [-0.05, 0) is 48.7 Å². The first-order chi connectivity index (χ1) is 13.8. The molecule has 5 nitrogen and oxygen atoms in total. The van der Waals surface area contributed by atoms with Gasteiger partial charge in [-0.3, -0.25) is 9.59 Å². The average molecular weight is 406 g/mol. The van der Waals surface area contributed by atoms with E-state index in [1.807, 2.05) is 0 Å². The third kappa shape index (κ3) is 4.88. The zero-order valence-electron chi connectivity index (χ0n) is 15.8. The Balaban J connectivity index is 1.70. The molecule has 1 aliphatic heterocycles. The van der Waals surface area contributed by atoms with Crippen molar-refractivity contribution in [1.82, 2.24) is 4.90 Å². The highest BCUT2D eigenvalue weighted by molar-refractivity contribution is 5.97. The highest BCUT2D eigenvalue weighted by Gasteiger charge is 2.37. The molecule has 1 atom stereocenters. The Morgan fingerprint density at radius 3 is 2.48 bits per heavy atom. The van der Waals surface area contributed by atoms with Crippen LogP contribution >= 0.6 is 0 Å². The first-order valence-corrected chi connectivity index (χ1v) is 9.19. The SMILES string of the molecule is COc1ccc(NC(=O)C2CCCN2C(=O)Cc2ccccc2C(F)(F)F)cc1. The molecular weight excluding hydrogens is 385 g/mol. The lowest BCUT2D eigenvalue weighted by Gasteiger charge is -2.24. The van der Waals surface area contributed by atoms with Gasteiger partial charge in [0.2, 0.25) is 11.8 Å². The molecule has 0 aromatic heterocycles. The van der Waals surface area contributed by atoms with Gasteiger partial charge in [-0.2, -0.15) is 13.2 Å². The average Bonchev–Trinajstić information content (AvgIpc) is 3.18. The highest BCUT2D eigenvalue weighted by Crippen LogP contribution is 2.32. The lowest BCUT2D eigenvalue weighted by Crippen LogP contribution is -2.44. The topological polar surface area (TPSA) is 58.6 Å². The second-order valence-corrected chi connectivity index (χ2v) is 6.79. The van der Waals surface area contributed by atoms with Crippen molar-refractivity contribution in [3.63, 3.8) is 0 Å². The molecule has 0 bridgehead atoms. The molecule has 2 aromatic carbocycles. The number of carbonyl (C=O) groups is 2. The molecular formula is C21H21F3N2O3. The number of rotatable bonds is 5. The van der Waals surface area contributed by atoms with E-state index in [0.717, 1.165) is 6.07 Å². The summed E-state index contributed by atoms with van der Waals surface area (Å²) in [7, 11) is 1.53. The van der Waals surface area contributed by atoms with Crippen LogP contribution in [-0.4, -0.2) is 36.4 Å². The Morgan fingerprint density at radius 1 is 1.14 bits per heavy atom. The van der Waals surface area contributed by atoms with E-state index in [0.29, 0.717) is 30.8 Å². The summed E-state index contributed by atoms with van der Waals surface area (Å²) in [5.74, 6) is -0.205. The zero-order chi connectivity index (χ0) is 21.0. The van der Waals surface area contributed by atoms with E-state index in [1.165, 1.54) is 30.2 Å². The van der Waals surface area contributed by atoms with Crippen molar-refractivity contribution >= 4 is 17.5 Å². The third-order valence-electron chi connectivity index (χ3n) is 4.90. The fourth-order valence-corrected chi connectivity index (χ4v) is 3.45. The molecule has 1 unspecified atom stereocenters. The molecule has 0 aliphatic carbocycles. The fraction of sp³-hybridized carbons (Fsp3) is 0.333. The number of nitrogens with zero attached hydrogens (tertiary/aromatic N) is 1. The zero-order valence-corrected chi connectivity index (χ0v) is 15.8. The van der Waals surface area contributed by atoms with E-state index in [9.17, 15) is 22.8 Å². The quantitative estimate of drug-likeness (QED) is 0.820. The van der Waals surface area contributed by atoms with E-state index in [1.54, 1.807) is 24.3 Å². The van der Waals surface area contributed by atoms with E-state index in [-0.39, 0.29) is 11.5 Å². The van der Waals surface area contributed by atoms with Crippen LogP contribution in [0.15, 0.2) is 48.5 Å². The molecule has 1 heterocycles. The number of amides is 2. The predicted molar refractivity (Wildman–Crippen MR) is 102 cm³/mol. The molecule has 0 radical (unpaired) electrons. The summed E-state index contributed by atoms with van der Waals surface area (Å²) < 4.78 is 44.6. The van der Waals surface area contributed by atoms with Gasteiger partial charge in [-0.1, -0.05) is 18.2 Å². The highest BCUT2D eigenvalue weighted by atomic mass is 19.4. The van der Waals surface area contributed by atoms with Crippen LogP contribution in [0.2, 0.25) is 0 Å². The maximum Gasteiger partial charge on any atom is 0.416 e. The van der Waals surface area contributed by atoms with Gasteiger partial charge in [0, 0.05) is 12.2 Å². The summed E-state index contributed by atoms with van der Waals surface area (Å²) in [6.45, 7) is 0.341. The monoisotopic (exact) mass is 406 g/mol. The van der Waals surface area contributed by atoms with Gasteiger partial charge in [-0.15, -0.1) is 0 Å². The van der Waals surface area contributed by atoms with Crippen LogP contribution in [0.3, 0.4) is 0 Å². The Labute approximate surface area is 166 Å². The molecule has 0 saturated carbocycles. The van der Waals surface area contributed by atoms with Crippen molar-refractivity contribution in [1.29, 1.82) is 0 Å². The summed E-state index contributed by atoms with van der Waals surface area (Å²) in [5, 5.41) is 2.75. The second kappa shape index (κ2) is 8.55. The van der Waals surface area contributed by atoms with Crippen LogP contribution in [0, 0.1) is 0 Å². The number of benzene rings is 2. The van der Waals surface area contributed by atoms with Crippen molar-refractivity contribution < 1.29 is 27.5 Å². The van der Waals surface area contributed by atoms with Crippen LogP contribution in [-0.2, 0) is 22.2 Å². The van der Waals surface area contributed by atoms with Crippen molar-refractivity contribution in [3.8, 4) is 5.75 Å². The van der Waals surface area contributed by atoms with Gasteiger partial charge in [0.05, 0.1) is 19.1 Å². The van der Waals surface area contributed by atoms with Gasteiger partial charge in [0.1, 0.15) is 11.8 Å². The number of likely N-dealkylation sites (tertiary alicyclic amines) is 1. The maximum atomic E-state index is 13.2. The fourth-order valence-electron chi connectivity index (χ4n) is 3.45. The summed E-state index contributed by atoms with van der Waals surface area (Å²) in [6.07, 6.45) is -3.85. The van der Waals surface area contributed by atoms with Crippen molar-refractivity contribution in [3.05, 3.63) is 59.7 Å². The van der Waals surface area contributed by atoms with E-state index in [4.69, 9.17) is 4.74 Å². The second-order valence-electron chi connectivity index (χ2n) is 6.79. The smallest absolute Gasteiger partial charge is 0.416 e. The molecule has 1 N–H and O–H groups in total. The third-order valence-corrected chi connectivity index (χ3v) is 4.90. The van der Waals surface area contributed by atoms with E-state index in [2.05, 4.69) is 5.32 Å². The Kier molecular flexibility index (Phi) is 6.10. The molecule has 1 fully saturated rings. The predicted octanol–water partition coefficient (Wildman–Crippen LogP) is 3.89. The van der Waals surface area contributed by atoms with Crippen LogP contribution < -0.4 is 10.1 Å². The molecule has 1 aliphatic rings. The number of methoxy groups -OCH3 is 1. The number of nitrogens with one attached hydrogen (secondary N) is 1. The minimum absolute atomic E-state index is 0.0915. The number of carbonyl (C=O) groups excluding carboxylic acids is 2. The van der Waals surface area contributed by atoms with Crippen LogP contribution in [0.1, 0.15) is 24.0 Å². The standard InChI is InChI=1S/C21H21F3N2O3/c1-29-16-10-8-15(9-11-16)25-20(28)18-7-4-12-26(18)19(27)13-14-5-2-3-6-17(14)21(22,23)24/h2-3,5-6,8-11,18H,4,7,12-13H2,1H3,(H,25,28). The number of ether oxygens (including phenoxy) is 1. The van der Waals surface area contributed by atoms with E-state index < -0.39 is 30.1 Å². The summed E-state index contributed by atoms with van der Waals surface area (Å²) in [6, 6.07) is 11.1. The Hall–Kier alpha value is -3.03. The number of alkyl halides is 3. The minimum Gasteiger partial charge on any atom is -0.497 e. The molecule has 8 heteroatoms. The number of halogens is 3. The van der Waals surface area contributed by atoms with Crippen molar-refractivity contribution in [2.45, 2.75) is 31.5 Å². The Morgan fingerprint density at radius 2 is 1.83 bits per heavy atom. The Bertz CT molecular complexity index is 881. The largest absolute Gasteiger partial charge is 0.497 e. The molecule has 0 spiro atoms. The van der Waals surface area contributed by atoms with Gasteiger partial charge in [0.15, 0.2) is 0 Å². The molecule has 154 valence electrons. The van der Waals surface area contributed by atoms with Crippen LogP contribution in [0.25, 0.3) is 0 Å². The summed E-state index contributed by atoms with van der Waals surface area (Å²) >= 11 is 0. The van der Waals surface area contributed by atoms with Crippen molar-refractivity contribution in [2.24, 2.45) is 0 Å². The van der Waals surface area contributed by atoms with Crippen LogP contribution in [0.5, 0.6) is 5.75 Å². The maximum absolute atomic E-state index is 13.2. The normalized spacial score (nSPS) is 16.6. The molecule has 29 heavy (non-hydrogen) atoms. The van der Waals surface area contributed by atoms with Gasteiger partial charge in [-0.25, -0.2) is 0 Å². The van der Waals surface area contributed by atoms with Gasteiger partial charge in [0.25, 0.3) is 0 Å². The van der Waals surface area contributed by atoms with Gasteiger partial charge < -0.3 is 15.0 Å². The first-order valence-electron chi connectivity index (χ1n) is 9.19. The molecule has 2 amide bonds. The number of hydrogen-bond acceptors (Lipinski definition) is 3. The van der Waals surface area contributed by atoms with Gasteiger partial charge >= 0.3 is 6.18 Å². The number of hydrogen-bond donors (Lipinski definition) is 1. The number of anilines is 1. The summed E-state index contributed by atoms with van der Waals surface area (Å²) in [4.78, 5) is 26.7. The lowest BCUT2D eigenvalue weighted by atomic mass is 10.0. The van der Waals surface area contributed by atoms with Crippen molar-refractivity contribution in [2.75, 3.05) is 19.0 Å². The first kappa shape index (κ1) is 20.7. The minimum atomic E-state index is -4.53. The summed E-state index contributed by atoms with van der Waals surface area (Å²) in [5.41, 5.74) is -0.365. The van der Waals surface area contributed by atoms with E-state index >= 15 is 0 Å². The molecule has 2 aromatic rings. The lowest BCUT2D eigenvalue weighted by molar-refractivity contribution is -0.139.